The molecule has 33 heavy (non-hydrogen) atoms. The quantitative estimate of drug-likeness (QED) is 0.337. The van der Waals surface area contributed by atoms with E-state index in [1.54, 1.807) is 37.3 Å². The number of halogens is 2. The summed E-state index contributed by atoms with van der Waals surface area (Å²) in [6.45, 7) is 1.62. The van der Waals surface area contributed by atoms with Gasteiger partial charge in [-0.05, 0) is 25.1 Å². The van der Waals surface area contributed by atoms with E-state index in [1.165, 1.54) is 12.1 Å². The van der Waals surface area contributed by atoms with Crippen molar-refractivity contribution >= 4 is 69.1 Å². The normalized spacial score (nSPS) is 11.0. The van der Waals surface area contributed by atoms with E-state index in [1.807, 2.05) is 5.32 Å². The number of nitriles is 1. The molecule has 0 aliphatic rings. The number of hydrogen-bond acceptors (Lipinski definition) is 9. The number of nitrogens with one attached hydrogen (secondary N) is 3. The number of aromatic amines is 1. The molecule has 1 heterocycles. The van der Waals surface area contributed by atoms with Crippen LogP contribution in [-0.4, -0.2) is 34.5 Å². The van der Waals surface area contributed by atoms with Crippen LogP contribution in [0.5, 0.6) is 0 Å². The summed E-state index contributed by atoms with van der Waals surface area (Å²) in [6.07, 6.45) is -0.999. The molecular weight excluding hydrogens is 491 g/mol. The molecule has 168 valence electrons. The number of hydrogen-bond donors (Lipinski definition) is 3. The number of H-pyrrole nitrogens is 1. The summed E-state index contributed by atoms with van der Waals surface area (Å²) < 4.78 is 4.58. The van der Waals surface area contributed by atoms with Crippen LogP contribution in [0.4, 0.5) is 10.5 Å². The fraction of sp³-hybridized carbons (Fsp3) is 0.100. The SMILES string of the molecule is CCOC(=O)NC(=O)/C(C#N)=N\Nc1cc(Cl)c(Sc2n[nH]c(=O)c3ccccc23)c(Cl)c1. The number of aromatic nitrogens is 2. The number of hydrazone groups is 1. The molecule has 3 aromatic rings. The molecule has 3 N–H and O–H groups in total. The third-order valence-corrected chi connectivity index (χ3v) is 5.94. The minimum absolute atomic E-state index is 0.0577. The molecule has 10 nitrogen and oxygen atoms in total. The van der Waals surface area contributed by atoms with E-state index < -0.39 is 17.7 Å². The van der Waals surface area contributed by atoms with Gasteiger partial charge in [0.25, 0.3) is 11.5 Å². The molecule has 0 atom stereocenters. The lowest BCUT2D eigenvalue weighted by atomic mass is 10.2. The molecule has 0 aliphatic heterocycles. The predicted molar refractivity (Wildman–Crippen MR) is 125 cm³/mol. The second kappa shape index (κ2) is 10.8. The molecule has 0 bridgehead atoms. The number of benzene rings is 2. The highest BCUT2D eigenvalue weighted by Crippen LogP contribution is 2.41. The van der Waals surface area contributed by atoms with E-state index in [4.69, 9.17) is 28.5 Å². The van der Waals surface area contributed by atoms with Crippen LogP contribution in [0.1, 0.15) is 6.92 Å². The van der Waals surface area contributed by atoms with Crippen molar-refractivity contribution in [2.75, 3.05) is 12.0 Å². The van der Waals surface area contributed by atoms with Gasteiger partial charge in [0.15, 0.2) is 0 Å². The molecule has 3 rings (SSSR count). The molecule has 0 fully saturated rings. The van der Waals surface area contributed by atoms with E-state index in [2.05, 4.69) is 25.5 Å². The van der Waals surface area contributed by atoms with Crippen molar-refractivity contribution in [2.24, 2.45) is 5.10 Å². The van der Waals surface area contributed by atoms with Crippen molar-refractivity contribution in [3.8, 4) is 6.07 Å². The van der Waals surface area contributed by atoms with Gasteiger partial charge in [-0.2, -0.15) is 15.5 Å². The van der Waals surface area contributed by atoms with Gasteiger partial charge in [0.2, 0.25) is 5.71 Å². The molecule has 2 aromatic carbocycles. The Hall–Kier alpha value is -3.59. The van der Waals surface area contributed by atoms with Crippen LogP contribution in [0.25, 0.3) is 10.8 Å². The van der Waals surface area contributed by atoms with Crippen molar-refractivity contribution < 1.29 is 14.3 Å². The zero-order valence-electron chi connectivity index (χ0n) is 16.8. The van der Waals surface area contributed by atoms with Crippen LogP contribution < -0.4 is 16.3 Å². The number of ether oxygens (including phenoxy) is 1. The van der Waals surface area contributed by atoms with Gasteiger partial charge < -0.3 is 4.74 Å². The van der Waals surface area contributed by atoms with Crippen molar-refractivity contribution in [3.63, 3.8) is 0 Å². The van der Waals surface area contributed by atoms with E-state index in [-0.39, 0.29) is 27.9 Å². The van der Waals surface area contributed by atoms with Crippen molar-refractivity contribution in [3.05, 3.63) is 56.8 Å². The number of carbonyl (C=O) groups excluding carboxylic acids is 2. The molecule has 0 radical (unpaired) electrons. The highest BCUT2D eigenvalue weighted by molar-refractivity contribution is 7.99. The molecule has 0 spiro atoms. The first kappa shape index (κ1) is 24.1. The van der Waals surface area contributed by atoms with Crippen molar-refractivity contribution in [2.45, 2.75) is 16.8 Å². The van der Waals surface area contributed by atoms with E-state index in [9.17, 15) is 14.4 Å². The van der Waals surface area contributed by atoms with Crippen LogP contribution in [0.3, 0.4) is 0 Å². The molecule has 0 saturated heterocycles. The second-order valence-corrected chi connectivity index (χ2v) is 7.95. The lowest BCUT2D eigenvalue weighted by Gasteiger charge is -2.10. The third-order valence-electron chi connectivity index (χ3n) is 3.97. The highest BCUT2D eigenvalue weighted by Gasteiger charge is 2.17. The molecular formula is C20H14Cl2N6O4S. The number of rotatable bonds is 6. The maximum Gasteiger partial charge on any atom is 0.414 e. The predicted octanol–water partition coefficient (Wildman–Crippen LogP) is 3.95. The van der Waals surface area contributed by atoms with E-state index in [0.717, 1.165) is 11.8 Å². The zero-order valence-corrected chi connectivity index (χ0v) is 19.1. The van der Waals surface area contributed by atoms with Gasteiger partial charge in [-0.15, -0.1) is 0 Å². The minimum Gasteiger partial charge on any atom is -0.450 e. The summed E-state index contributed by atoms with van der Waals surface area (Å²) in [5, 5.41) is 23.3. The Kier molecular flexibility index (Phi) is 7.89. The van der Waals surface area contributed by atoms with Gasteiger partial charge >= 0.3 is 6.09 Å². The number of amides is 2. The molecule has 2 amide bonds. The largest absolute Gasteiger partial charge is 0.450 e. The Morgan fingerprint density at radius 1 is 1.24 bits per heavy atom. The fourth-order valence-electron chi connectivity index (χ4n) is 2.55. The Labute approximate surface area is 200 Å². The standard InChI is InChI=1S/C20H14Cl2N6O4S/c1-2-32-20(31)24-18(30)15(9-23)26-25-10-7-13(21)16(14(22)8-10)33-19-12-6-4-3-5-11(12)17(29)27-28-19/h3-8,25H,2H2,1H3,(H,27,29)(H,24,30,31)/b26-15-. The number of nitrogens with zero attached hydrogens (tertiary/aromatic N) is 3. The molecule has 0 unspecified atom stereocenters. The summed E-state index contributed by atoms with van der Waals surface area (Å²) in [7, 11) is 0. The number of fused-ring (bicyclic) bond motifs is 1. The van der Waals surface area contributed by atoms with Gasteiger partial charge in [-0.1, -0.05) is 53.2 Å². The molecule has 1 aromatic heterocycles. The number of carbonyl (C=O) groups is 2. The first-order valence-electron chi connectivity index (χ1n) is 9.20. The monoisotopic (exact) mass is 504 g/mol. The Bertz CT molecular complexity index is 1350. The number of imide groups is 1. The lowest BCUT2D eigenvalue weighted by molar-refractivity contribution is -0.114. The molecule has 0 aliphatic carbocycles. The van der Waals surface area contributed by atoms with E-state index >= 15 is 0 Å². The molecule has 0 saturated carbocycles. The summed E-state index contributed by atoms with van der Waals surface area (Å²) >= 11 is 13.9. The van der Waals surface area contributed by atoms with E-state index in [0.29, 0.717) is 20.7 Å². The van der Waals surface area contributed by atoms with Crippen molar-refractivity contribution in [1.82, 2.24) is 15.5 Å². The highest BCUT2D eigenvalue weighted by atomic mass is 35.5. The summed E-state index contributed by atoms with van der Waals surface area (Å²) in [5.74, 6) is -1.04. The zero-order chi connectivity index (χ0) is 24.0. The Balaban J connectivity index is 1.82. The Morgan fingerprint density at radius 2 is 1.91 bits per heavy atom. The van der Waals surface area contributed by atoms with Gasteiger partial charge in [-0.25, -0.2) is 9.89 Å². The van der Waals surface area contributed by atoms with Crippen LogP contribution >= 0.6 is 35.0 Å². The van der Waals surface area contributed by atoms with Crippen LogP contribution in [0.15, 0.2) is 56.2 Å². The van der Waals surface area contributed by atoms with Gasteiger partial charge in [-0.3, -0.25) is 20.3 Å². The number of alkyl carbamates (subject to hydrolysis) is 1. The maximum atomic E-state index is 12.0. The summed E-state index contributed by atoms with van der Waals surface area (Å²) in [4.78, 5) is 35.7. The van der Waals surface area contributed by atoms with Crippen molar-refractivity contribution in [1.29, 1.82) is 5.26 Å². The van der Waals surface area contributed by atoms with Gasteiger partial charge in [0, 0.05) is 5.39 Å². The van der Waals surface area contributed by atoms with Gasteiger partial charge in [0.05, 0.1) is 32.6 Å². The van der Waals surface area contributed by atoms with Crippen LogP contribution in [0.2, 0.25) is 10.0 Å². The Morgan fingerprint density at radius 3 is 2.55 bits per heavy atom. The minimum atomic E-state index is -1.04. The molecule has 13 heteroatoms. The number of anilines is 1. The maximum absolute atomic E-state index is 12.0. The van der Waals surface area contributed by atoms with Crippen LogP contribution in [0, 0.1) is 11.3 Å². The average molecular weight is 505 g/mol. The second-order valence-electron chi connectivity index (χ2n) is 6.13. The lowest BCUT2D eigenvalue weighted by Crippen LogP contribution is -2.36. The third kappa shape index (κ3) is 5.81. The topological polar surface area (TPSA) is 149 Å². The van der Waals surface area contributed by atoms with Gasteiger partial charge in [0.1, 0.15) is 11.1 Å². The smallest absolute Gasteiger partial charge is 0.414 e. The average Bonchev–Trinajstić information content (AvgIpc) is 2.78. The van der Waals surface area contributed by atoms with Crippen LogP contribution in [-0.2, 0) is 9.53 Å². The summed E-state index contributed by atoms with van der Waals surface area (Å²) in [5.41, 5.74) is 1.86. The summed E-state index contributed by atoms with van der Waals surface area (Å²) in [6, 6.07) is 11.5. The fourth-order valence-corrected chi connectivity index (χ4v) is 4.16. The first-order chi connectivity index (χ1) is 15.8. The first-order valence-corrected chi connectivity index (χ1v) is 10.8.